The molecule has 0 bridgehead atoms. The minimum atomic E-state index is -1.76. The van der Waals surface area contributed by atoms with Gasteiger partial charge in [-0.1, -0.05) is 12.1 Å². The van der Waals surface area contributed by atoms with Crippen LogP contribution in [0.3, 0.4) is 0 Å². The van der Waals surface area contributed by atoms with Crippen molar-refractivity contribution in [2.45, 2.75) is 56.8 Å². The third-order valence-corrected chi connectivity index (χ3v) is 4.76. The summed E-state index contributed by atoms with van der Waals surface area (Å²) in [5.74, 6) is -6.88. The van der Waals surface area contributed by atoms with Crippen LogP contribution in [0.1, 0.15) is 31.7 Å². The first-order chi connectivity index (χ1) is 16.3. The number of carbonyl (C=O) groups excluding carboxylic acids is 3. The number of carboxylic acid groups (broad SMARTS) is 3. The molecule has 35 heavy (non-hydrogen) atoms. The van der Waals surface area contributed by atoms with E-state index in [-0.39, 0.29) is 25.0 Å². The molecule has 0 fully saturated rings. The van der Waals surface area contributed by atoms with Crippen molar-refractivity contribution in [3.05, 3.63) is 29.8 Å². The molecule has 14 heteroatoms. The van der Waals surface area contributed by atoms with Crippen LogP contribution in [0.15, 0.2) is 24.3 Å². The number of carboxylic acids is 3. The summed E-state index contributed by atoms with van der Waals surface area (Å²) in [6.07, 6.45) is -1.58. The highest BCUT2D eigenvalue weighted by atomic mass is 16.4. The van der Waals surface area contributed by atoms with Crippen molar-refractivity contribution in [1.82, 2.24) is 16.0 Å². The molecule has 9 N–H and O–H groups in total. The summed E-state index contributed by atoms with van der Waals surface area (Å²) in [5.41, 5.74) is 6.08. The van der Waals surface area contributed by atoms with Crippen LogP contribution in [0.5, 0.6) is 5.75 Å². The van der Waals surface area contributed by atoms with E-state index in [0.717, 1.165) is 0 Å². The molecule has 0 saturated carbocycles. The number of phenols is 1. The molecule has 1 aromatic rings. The van der Waals surface area contributed by atoms with Crippen LogP contribution in [-0.2, 0) is 35.2 Å². The minimum Gasteiger partial charge on any atom is -0.508 e. The Morgan fingerprint density at radius 3 is 1.91 bits per heavy atom. The lowest BCUT2D eigenvalue weighted by atomic mass is 10.0. The number of nitrogens with one attached hydrogen (secondary N) is 3. The quantitative estimate of drug-likeness (QED) is 0.142. The fraction of sp³-hybridized carbons (Fsp3) is 0.429. The Morgan fingerprint density at radius 1 is 0.829 bits per heavy atom. The lowest BCUT2D eigenvalue weighted by molar-refractivity contribution is -0.147. The first kappa shape index (κ1) is 28.8. The van der Waals surface area contributed by atoms with E-state index in [9.17, 15) is 39.0 Å². The van der Waals surface area contributed by atoms with E-state index in [4.69, 9.17) is 15.9 Å². The third-order valence-electron chi connectivity index (χ3n) is 4.76. The fourth-order valence-electron chi connectivity index (χ4n) is 2.82. The van der Waals surface area contributed by atoms with Crippen molar-refractivity contribution >= 4 is 35.6 Å². The second-order valence-electron chi connectivity index (χ2n) is 7.70. The highest BCUT2D eigenvalue weighted by Crippen LogP contribution is 2.12. The second-order valence-corrected chi connectivity index (χ2v) is 7.70. The van der Waals surface area contributed by atoms with Gasteiger partial charge in [0.2, 0.25) is 17.7 Å². The summed E-state index contributed by atoms with van der Waals surface area (Å²) in [6, 6.07) is 0.0512. The summed E-state index contributed by atoms with van der Waals surface area (Å²) < 4.78 is 0. The van der Waals surface area contributed by atoms with Crippen LogP contribution in [0, 0.1) is 0 Å². The monoisotopic (exact) mass is 496 g/mol. The average molecular weight is 496 g/mol. The van der Waals surface area contributed by atoms with Gasteiger partial charge in [0, 0.05) is 12.8 Å². The minimum absolute atomic E-state index is 0.0539. The molecular weight excluding hydrogens is 468 g/mol. The maximum absolute atomic E-state index is 12.8. The Bertz CT molecular complexity index is 950. The van der Waals surface area contributed by atoms with Gasteiger partial charge in [0.25, 0.3) is 0 Å². The van der Waals surface area contributed by atoms with Gasteiger partial charge in [-0.15, -0.1) is 0 Å². The molecule has 0 aliphatic rings. The first-order valence-corrected chi connectivity index (χ1v) is 10.4. The van der Waals surface area contributed by atoms with Gasteiger partial charge in [-0.2, -0.15) is 0 Å². The number of nitrogens with two attached hydrogens (primary N) is 1. The number of carbonyl (C=O) groups is 6. The molecule has 0 heterocycles. The molecule has 4 unspecified atom stereocenters. The number of amides is 3. The van der Waals surface area contributed by atoms with Crippen molar-refractivity contribution in [3.8, 4) is 5.75 Å². The molecule has 0 spiro atoms. The van der Waals surface area contributed by atoms with E-state index in [1.165, 1.54) is 31.2 Å². The zero-order valence-corrected chi connectivity index (χ0v) is 18.8. The Morgan fingerprint density at radius 2 is 1.40 bits per heavy atom. The highest BCUT2D eigenvalue weighted by molar-refractivity contribution is 5.94. The smallest absolute Gasteiger partial charge is 0.326 e. The van der Waals surface area contributed by atoms with Crippen molar-refractivity contribution in [2.24, 2.45) is 5.73 Å². The van der Waals surface area contributed by atoms with Crippen LogP contribution >= 0.6 is 0 Å². The number of benzene rings is 1. The zero-order chi connectivity index (χ0) is 26.7. The van der Waals surface area contributed by atoms with Crippen LogP contribution in [0.25, 0.3) is 0 Å². The Labute approximate surface area is 199 Å². The average Bonchev–Trinajstić information content (AvgIpc) is 2.77. The maximum Gasteiger partial charge on any atom is 0.326 e. The molecule has 4 atom stereocenters. The molecule has 192 valence electrons. The number of aliphatic carboxylic acids is 3. The van der Waals surface area contributed by atoms with Crippen LogP contribution in [0.2, 0.25) is 0 Å². The van der Waals surface area contributed by atoms with Gasteiger partial charge in [-0.25, -0.2) is 4.79 Å². The summed E-state index contributed by atoms with van der Waals surface area (Å²) in [4.78, 5) is 70.3. The predicted octanol–water partition coefficient (Wildman–Crippen LogP) is -1.84. The van der Waals surface area contributed by atoms with Gasteiger partial charge in [0.1, 0.15) is 23.9 Å². The lowest BCUT2D eigenvalue weighted by Gasteiger charge is -2.23. The van der Waals surface area contributed by atoms with Gasteiger partial charge in [0.05, 0.1) is 12.5 Å². The second kappa shape index (κ2) is 13.5. The van der Waals surface area contributed by atoms with E-state index in [1.54, 1.807) is 0 Å². The van der Waals surface area contributed by atoms with Crippen molar-refractivity contribution < 1.29 is 49.2 Å². The van der Waals surface area contributed by atoms with Gasteiger partial charge in [-0.05, 0) is 31.0 Å². The van der Waals surface area contributed by atoms with Crippen LogP contribution in [0.4, 0.5) is 0 Å². The predicted molar refractivity (Wildman–Crippen MR) is 118 cm³/mol. The maximum atomic E-state index is 12.8. The Hall–Kier alpha value is -4.20. The topological polar surface area (TPSA) is 245 Å². The molecule has 3 amide bonds. The van der Waals surface area contributed by atoms with E-state index in [1.807, 2.05) is 0 Å². The van der Waals surface area contributed by atoms with Gasteiger partial charge < -0.3 is 42.1 Å². The first-order valence-electron chi connectivity index (χ1n) is 10.4. The number of rotatable bonds is 14. The molecule has 0 aliphatic carbocycles. The molecule has 0 aliphatic heterocycles. The summed E-state index contributed by atoms with van der Waals surface area (Å²) in [6.45, 7) is 1.29. The van der Waals surface area contributed by atoms with E-state index in [2.05, 4.69) is 16.0 Å². The molecule has 1 aromatic carbocycles. The molecule has 0 aromatic heterocycles. The van der Waals surface area contributed by atoms with Crippen molar-refractivity contribution in [1.29, 1.82) is 0 Å². The summed E-state index contributed by atoms with van der Waals surface area (Å²) in [7, 11) is 0. The van der Waals surface area contributed by atoms with E-state index < -0.39 is 66.2 Å². The molecule has 0 radical (unpaired) electrons. The van der Waals surface area contributed by atoms with E-state index >= 15 is 0 Å². The number of hydrogen-bond donors (Lipinski definition) is 8. The van der Waals surface area contributed by atoms with Crippen LogP contribution in [-0.4, -0.2) is 80.2 Å². The number of aromatic hydroxyl groups is 1. The van der Waals surface area contributed by atoms with Crippen LogP contribution < -0.4 is 21.7 Å². The standard InChI is InChI=1S/C21H28N4O10/c1-10(23-19(32)13(22)6-7-16(27)28)18(31)24-14(8-11-2-4-12(26)5-3-11)20(33)25-15(21(34)35)9-17(29)30/h2-5,10,13-15,26H,6-9,22H2,1H3,(H,23,32)(H,24,31)(H,25,33)(H,27,28)(H,29,30)(H,34,35). The molecule has 14 nitrogen and oxygen atoms in total. The number of phenolic OH excluding ortho intramolecular Hbond substituents is 1. The Kier molecular flexibility index (Phi) is 11.1. The largest absolute Gasteiger partial charge is 0.508 e. The summed E-state index contributed by atoms with van der Waals surface area (Å²) >= 11 is 0. The highest BCUT2D eigenvalue weighted by Gasteiger charge is 2.30. The van der Waals surface area contributed by atoms with Crippen molar-refractivity contribution in [2.75, 3.05) is 0 Å². The molecule has 0 saturated heterocycles. The number of hydrogen-bond acceptors (Lipinski definition) is 8. The fourth-order valence-corrected chi connectivity index (χ4v) is 2.82. The normalized spacial score (nSPS) is 14.0. The molecule has 1 rings (SSSR count). The lowest BCUT2D eigenvalue weighted by Crippen LogP contribution is -2.57. The SMILES string of the molecule is CC(NC(=O)C(N)CCC(=O)O)C(=O)NC(Cc1ccc(O)cc1)C(=O)NC(CC(=O)O)C(=O)O. The third kappa shape index (κ3) is 10.5. The Balaban J connectivity index is 2.96. The van der Waals surface area contributed by atoms with Gasteiger partial charge >= 0.3 is 17.9 Å². The van der Waals surface area contributed by atoms with Gasteiger partial charge in [-0.3, -0.25) is 24.0 Å². The molecular formula is C21H28N4O10. The zero-order valence-electron chi connectivity index (χ0n) is 18.8. The van der Waals surface area contributed by atoms with Gasteiger partial charge in [0.15, 0.2) is 0 Å². The summed E-state index contributed by atoms with van der Waals surface area (Å²) in [5, 5.41) is 42.9. The van der Waals surface area contributed by atoms with Crippen molar-refractivity contribution in [3.63, 3.8) is 0 Å². The van der Waals surface area contributed by atoms with E-state index in [0.29, 0.717) is 5.56 Å².